The molecule has 1 saturated heterocycles. The van der Waals surface area contributed by atoms with Crippen LogP contribution < -0.4 is 5.32 Å². The smallest absolute Gasteiger partial charge is 0.316 e. The molecule has 1 aliphatic rings. The number of non-ortho nitro benzene ring substituents is 1. The molecule has 146 valence electrons. The Morgan fingerprint density at radius 3 is 2.56 bits per heavy atom. The average Bonchev–Trinajstić information content (AvgIpc) is 2.65. The minimum Gasteiger partial charge on any atom is -0.455 e. The molecule has 2 rings (SSSR count). The predicted octanol–water partition coefficient (Wildman–Crippen LogP) is 2.83. The van der Waals surface area contributed by atoms with Crippen molar-refractivity contribution in [3.63, 3.8) is 0 Å². The van der Waals surface area contributed by atoms with Crippen molar-refractivity contribution >= 4 is 51.6 Å². The third-order valence-electron chi connectivity index (χ3n) is 4.08. The zero-order chi connectivity index (χ0) is 19.8. The number of benzene rings is 1. The molecule has 0 bridgehead atoms. The summed E-state index contributed by atoms with van der Waals surface area (Å²) in [4.78, 5) is 35.7. The molecule has 0 spiro atoms. The zero-order valence-corrected chi connectivity index (χ0v) is 16.5. The van der Waals surface area contributed by atoms with Crippen LogP contribution in [0.3, 0.4) is 0 Å². The van der Waals surface area contributed by atoms with E-state index in [0.717, 1.165) is 25.9 Å². The molecule has 1 N–H and O–H groups in total. The first-order valence-corrected chi connectivity index (χ1v) is 9.86. The van der Waals surface area contributed by atoms with E-state index in [-0.39, 0.29) is 11.4 Å². The molecule has 0 aliphatic carbocycles. The second kappa shape index (κ2) is 10.2. The number of amides is 1. The van der Waals surface area contributed by atoms with E-state index >= 15 is 0 Å². The Morgan fingerprint density at radius 1 is 1.33 bits per heavy atom. The summed E-state index contributed by atoms with van der Waals surface area (Å²) in [6.07, 6.45) is 2.18. The minimum absolute atomic E-state index is 0.0513. The van der Waals surface area contributed by atoms with Gasteiger partial charge in [-0.15, -0.1) is 0 Å². The molecule has 0 saturated carbocycles. The Balaban J connectivity index is 1.66. The van der Waals surface area contributed by atoms with Crippen molar-refractivity contribution in [1.29, 1.82) is 0 Å². The fourth-order valence-corrected chi connectivity index (χ4v) is 3.50. The largest absolute Gasteiger partial charge is 0.455 e. The number of thiocarbonyl (C=S) groups is 1. The number of nitrogens with one attached hydrogen (secondary N) is 1. The molecule has 0 aromatic heterocycles. The van der Waals surface area contributed by atoms with Gasteiger partial charge in [0, 0.05) is 30.9 Å². The lowest BCUT2D eigenvalue weighted by molar-refractivity contribution is -0.384. The van der Waals surface area contributed by atoms with Gasteiger partial charge in [-0.05, 0) is 30.9 Å². The van der Waals surface area contributed by atoms with E-state index < -0.39 is 23.4 Å². The van der Waals surface area contributed by atoms with Gasteiger partial charge < -0.3 is 15.0 Å². The molecule has 8 nitrogen and oxygen atoms in total. The van der Waals surface area contributed by atoms with Crippen LogP contribution in [0.2, 0.25) is 0 Å². The van der Waals surface area contributed by atoms with E-state index in [1.807, 2.05) is 0 Å². The standard InChI is InChI=1S/C17H21N3O5S2/c1-12-6-8-19(9-7-12)17(26)27-11-16(22)25-10-15(21)18-13-2-4-14(5-3-13)20(23)24/h2-5,12H,6-11H2,1H3,(H,18,21). The fraction of sp³-hybridized carbons (Fsp3) is 0.471. The Bertz CT molecular complexity index is 703. The number of nitro benzene ring substituents is 1. The summed E-state index contributed by atoms with van der Waals surface area (Å²) in [7, 11) is 0. The summed E-state index contributed by atoms with van der Waals surface area (Å²) >= 11 is 6.58. The summed E-state index contributed by atoms with van der Waals surface area (Å²) < 4.78 is 5.61. The number of esters is 1. The molecule has 1 aromatic rings. The molecule has 0 unspecified atom stereocenters. The van der Waals surface area contributed by atoms with Crippen molar-refractivity contribution in [3.05, 3.63) is 34.4 Å². The summed E-state index contributed by atoms with van der Waals surface area (Å²) in [5, 5.41) is 13.1. The summed E-state index contributed by atoms with van der Waals surface area (Å²) in [6, 6.07) is 5.37. The SMILES string of the molecule is CC1CCN(C(=S)SCC(=O)OCC(=O)Nc2ccc([N+](=O)[O-])cc2)CC1. The highest BCUT2D eigenvalue weighted by molar-refractivity contribution is 8.23. The number of piperidine rings is 1. The van der Waals surface area contributed by atoms with Gasteiger partial charge in [0.05, 0.1) is 10.7 Å². The van der Waals surface area contributed by atoms with Crippen molar-refractivity contribution in [3.8, 4) is 0 Å². The summed E-state index contributed by atoms with van der Waals surface area (Å²) in [5.74, 6) is -0.287. The van der Waals surface area contributed by atoms with Crippen LogP contribution in [0.15, 0.2) is 24.3 Å². The predicted molar refractivity (Wildman–Crippen MR) is 108 cm³/mol. The van der Waals surface area contributed by atoms with Gasteiger partial charge in [-0.1, -0.05) is 30.9 Å². The van der Waals surface area contributed by atoms with Crippen LogP contribution in [0.4, 0.5) is 11.4 Å². The molecule has 1 heterocycles. The topological polar surface area (TPSA) is 102 Å². The first kappa shape index (κ1) is 21.1. The molecule has 0 radical (unpaired) electrons. The number of nitrogens with zero attached hydrogens (tertiary/aromatic N) is 2. The molecule has 1 fully saturated rings. The van der Waals surface area contributed by atoms with Crippen molar-refractivity contribution < 1.29 is 19.2 Å². The van der Waals surface area contributed by atoms with Crippen LogP contribution in [0.25, 0.3) is 0 Å². The maximum atomic E-state index is 11.8. The van der Waals surface area contributed by atoms with E-state index in [1.165, 1.54) is 36.0 Å². The minimum atomic E-state index is -0.528. The molecule has 0 atom stereocenters. The molecule has 27 heavy (non-hydrogen) atoms. The Morgan fingerprint density at radius 2 is 1.96 bits per heavy atom. The fourth-order valence-electron chi connectivity index (χ4n) is 2.45. The lowest BCUT2D eigenvalue weighted by Gasteiger charge is -2.31. The van der Waals surface area contributed by atoms with Crippen molar-refractivity contribution in [1.82, 2.24) is 4.90 Å². The molecule has 10 heteroatoms. The maximum absolute atomic E-state index is 11.8. The number of likely N-dealkylation sites (tertiary alicyclic amines) is 1. The number of nitro groups is 1. The molecule has 1 aliphatic heterocycles. The number of ether oxygens (including phenoxy) is 1. The monoisotopic (exact) mass is 411 g/mol. The summed E-state index contributed by atoms with van der Waals surface area (Å²) in [5.41, 5.74) is 0.312. The van der Waals surface area contributed by atoms with Gasteiger partial charge >= 0.3 is 5.97 Å². The zero-order valence-electron chi connectivity index (χ0n) is 14.9. The molecule has 1 aromatic carbocycles. The Kier molecular flexibility index (Phi) is 7.99. The number of hydrogen-bond donors (Lipinski definition) is 1. The van der Waals surface area contributed by atoms with Gasteiger partial charge in [0.25, 0.3) is 11.6 Å². The number of hydrogen-bond acceptors (Lipinski definition) is 7. The molecule has 1 amide bonds. The van der Waals surface area contributed by atoms with Crippen molar-refractivity contribution in [2.24, 2.45) is 5.92 Å². The van der Waals surface area contributed by atoms with Crippen molar-refractivity contribution in [2.45, 2.75) is 19.8 Å². The lowest BCUT2D eigenvalue weighted by Crippen LogP contribution is -2.35. The first-order valence-electron chi connectivity index (χ1n) is 8.47. The van der Waals surface area contributed by atoms with E-state index in [2.05, 4.69) is 17.1 Å². The van der Waals surface area contributed by atoms with Crippen LogP contribution >= 0.6 is 24.0 Å². The van der Waals surface area contributed by atoms with Gasteiger partial charge in [-0.3, -0.25) is 19.7 Å². The maximum Gasteiger partial charge on any atom is 0.316 e. The van der Waals surface area contributed by atoms with E-state index in [9.17, 15) is 19.7 Å². The van der Waals surface area contributed by atoms with Crippen molar-refractivity contribution in [2.75, 3.05) is 30.8 Å². The molecular weight excluding hydrogens is 390 g/mol. The van der Waals surface area contributed by atoms with Gasteiger partial charge in [0.1, 0.15) is 4.32 Å². The van der Waals surface area contributed by atoms with Gasteiger partial charge in [-0.25, -0.2) is 0 Å². The van der Waals surface area contributed by atoms with E-state index in [0.29, 0.717) is 15.9 Å². The van der Waals surface area contributed by atoms with Gasteiger partial charge in [-0.2, -0.15) is 0 Å². The van der Waals surface area contributed by atoms with Crippen LogP contribution in [-0.4, -0.2) is 51.5 Å². The quantitative estimate of drug-likeness (QED) is 0.330. The Labute approximate surface area is 166 Å². The Hall–Kier alpha value is -2.20. The number of carbonyl (C=O) groups is 2. The van der Waals surface area contributed by atoms with Gasteiger partial charge in [0.15, 0.2) is 6.61 Å². The van der Waals surface area contributed by atoms with Crippen LogP contribution in [0.1, 0.15) is 19.8 Å². The second-order valence-corrected chi connectivity index (χ2v) is 7.85. The van der Waals surface area contributed by atoms with Crippen LogP contribution in [-0.2, 0) is 14.3 Å². The lowest BCUT2D eigenvalue weighted by atomic mass is 10.00. The highest BCUT2D eigenvalue weighted by Gasteiger charge is 2.19. The molecular formula is C17H21N3O5S2. The van der Waals surface area contributed by atoms with Crippen LogP contribution in [0.5, 0.6) is 0 Å². The first-order chi connectivity index (χ1) is 12.8. The van der Waals surface area contributed by atoms with Crippen LogP contribution in [0, 0.1) is 16.0 Å². The normalized spacial score (nSPS) is 14.5. The third kappa shape index (κ3) is 7.14. The van der Waals surface area contributed by atoms with E-state index in [4.69, 9.17) is 17.0 Å². The number of thioether (sulfide) groups is 1. The van der Waals surface area contributed by atoms with E-state index in [1.54, 1.807) is 0 Å². The second-order valence-electron chi connectivity index (χ2n) is 6.24. The number of rotatable bonds is 6. The summed E-state index contributed by atoms with van der Waals surface area (Å²) in [6.45, 7) is 3.59. The van der Waals surface area contributed by atoms with Gasteiger partial charge in [0.2, 0.25) is 0 Å². The third-order valence-corrected chi connectivity index (χ3v) is 5.58. The highest BCUT2D eigenvalue weighted by Crippen LogP contribution is 2.20. The highest BCUT2D eigenvalue weighted by atomic mass is 32.2. The average molecular weight is 412 g/mol. The number of carbonyl (C=O) groups excluding carboxylic acids is 2. The number of anilines is 1.